The van der Waals surface area contributed by atoms with Crippen molar-refractivity contribution in [2.45, 2.75) is 26.2 Å². The highest BCUT2D eigenvalue weighted by Gasteiger charge is 2.46. The Balaban J connectivity index is 1.86. The summed E-state index contributed by atoms with van der Waals surface area (Å²) in [5.41, 5.74) is 0. The molecule has 2 atom stereocenters. The van der Waals surface area contributed by atoms with Gasteiger partial charge >= 0.3 is 0 Å². The van der Waals surface area contributed by atoms with Crippen LogP contribution in [0.5, 0.6) is 0 Å². The average Bonchev–Trinajstić information content (AvgIpc) is 2.02. The minimum Gasteiger partial charge on any atom is -0.302 e. The van der Waals surface area contributed by atoms with Gasteiger partial charge in [0.15, 0.2) is 0 Å². The fourth-order valence-electron chi connectivity index (χ4n) is 4.17. The van der Waals surface area contributed by atoms with Crippen molar-refractivity contribution in [3.63, 3.8) is 0 Å². The second-order valence-electron chi connectivity index (χ2n) is 5.15. The van der Waals surface area contributed by atoms with Gasteiger partial charge in [-0.3, -0.25) is 0 Å². The van der Waals surface area contributed by atoms with Crippen molar-refractivity contribution in [3.05, 3.63) is 0 Å². The molecule has 1 nitrogen and oxygen atoms in total. The van der Waals surface area contributed by atoms with E-state index < -0.39 is 0 Å². The molecule has 0 aromatic heterocycles. The maximum absolute atomic E-state index is 2.72. The fraction of sp³-hybridized carbons (Fsp3) is 1.00. The van der Waals surface area contributed by atoms with Gasteiger partial charge in [0.25, 0.3) is 0 Å². The van der Waals surface area contributed by atoms with Gasteiger partial charge in [0.05, 0.1) is 0 Å². The van der Waals surface area contributed by atoms with E-state index in [1.165, 1.54) is 26.1 Å². The second kappa shape index (κ2) is 2.47. The minimum absolute atomic E-state index is 1.08. The number of rotatable bonds is 1. The van der Waals surface area contributed by atoms with E-state index in [0.717, 1.165) is 23.7 Å². The van der Waals surface area contributed by atoms with Crippen molar-refractivity contribution in [1.29, 1.82) is 0 Å². The summed E-state index contributed by atoms with van der Waals surface area (Å²) in [4.78, 5) is 2.72. The summed E-state index contributed by atoms with van der Waals surface area (Å²) in [7, 11) is 0. The standard InChI is InChI=1S/C11H19N/c1-2-11-9-3-8-4-10(11)7-12(5-8)6-9/h8-11H,2-7H2,1H3. The van der Waals surface area contributed by atoms with E-state index in [0.29, 0.717) is 0 Å². The van der Waals surface area contributed by atoms with E-state index in [9.17, 15) is 0 Å². The van der Waals surface area contributed by atoms with E-state index in [-0.39, 0.29) is 0 Å². The Hall–Kier alpha value is -0.0400. The number of piperidine rings is 3. The third-order valence-electron chi connectivity index (χ3n) is 4.46. The zero-order valence-electron chi connectivity index (χ0n) is 8.00. The lowest BCUT2D eigenvalue weighted by Gasteiger charge is -2.56. The van der Waals surface area contributed by atoms with Crippen molar-refractivity contribution in [3.8, 4) is 0 Å². The molecule has 0 aromatic rings. The third kappa shape index (κ3) is 0.891. The molecule has 0 spiro atoms. The molecule has 4 aliphatic rings. The fourth-order valence-corrected chi connectivity index (χ4v) is 4.17. The highest BCUT2D eigenvalue weighted by atomic mass is 15.2. The number of nitrogens with zero attached hydrogens (tertiary/aromatic N) is 1. The highest BCUT2D eigenvalue weighted by molar-refractivity contribution is 4.97. The number of hydrogen-bond donors (Lipinski definition) is 0. The van der Waals surface area contributed by atoms with Crippen LogP contribution in [0.4, 0.5) is 0 Å². The average molecular weight is 165 g/mol. The van der Waals surface area contributed by atoms with Crippen LogP contribution in [0.25, 0.3) is 0 Å². The lowest BCUT2D eigenvalue weighted by Crippen LogP contribution is -2.57. The zero-order valence-corrected chi connectivity index (χ0v) is 8.00. The Kier molecular flexibility index (Phi) is 1.52. The van der Waals surface area contributed by atoms with Crippen LogP contribution in [0, 0.1) is 23.7 Å². The molecule has 12 heavy (non-hydrogen) atoms. The molecule has 1 heteroatoms. The molecule has 0 N–H and O–H groups in total. The molecule has 4 fully saturated rings. The second-order valence-corrected chi connectivity index (χ2v) is 5.15. The normalized spacial score (nSPS) is 56.2. The summed E-state index contributed by atoms with van der Waals surface area (Å²) in [6.07, 6.45) is 4.56. The zero-order chi connectivity index (χ0) is 8.13. The molecule has 3 aliphatic heterocycles. The van der Waals surface area contributed by atoms with Crippen molar-refractivity contribution in [2.24, 2.45) is 23.7 Å². The molecule has 68 valence electrons. The third-order valence-corrected chi connectivity index (χ3v) is 4.46. The summed E-state index contributed by atoms with van der Waals surface area (Å²) in [5, 5.41) is 0. The quantitative estimate of drug-likeness (QED) is 0.574. The van der Waals surface area contributed by atoms with Gasteiger partial charge in [-0.15, -0.1) is 0 Å². The van der Waals surface area contributed by atoms with Gasteiger partial charge in [-0.2, -0.15) is 0 Å². The Bertz CT molecular complexity index is 159. The van der Waals surface area contributed by atoms with Gasteiger partial charge in [0.1, 0.15) is 0 Å². The van der Waals surface area contributed by atoms with Crippen LogP contribution < -0.4 is 0 Å². The van der Waals surface area contributed by atoms with Crippen LogP contribution in [0.15, 0.2) is 0 Å². The Morgan fingerprint density at radius 1 is 1.08 bits per heavy atom. The molecule has 1 aliphatic carbocycles. The van der Waals surface area contributed by atoms with E-state index in [1.807, 2.05) is 0 Å². The molecule has 3 saturated heterocycles. The molecule has 0 amide bonds. The molecule has 4 bridgehead atoms. The Morgan fingerprint density at radius 2 is 1.75 bits per heavy atom. The first kappa shape index (κ1) is 7.37. The maximum atomic E-state index is 2.72. The predicted octanol–water partition coefficient (Wildman–Crippen LogP) is 1.98. The predicted molar refractivity (Wildman–Crippen MR) is 49.9 cm³/mol. The van der Waals surface area contributed by atoms with E-state index >= 15 is 0 Å². The van der Waals surface area contributed by atoms with Crippen LogP contribution in [0.3, 0.4) is 0 Å². The first-order valence-electron chi connectivity index (χ1n) is 5.59. The first-order chi connectivity index (χ1) is 5.86. The summed E-state index contributed by atoms with van der Waals surface area (Å²) < 4.78 is 0. The summed E-state index contributed by atoms with van der Waals surface area (Å²) >= 11 is 0. The van der Waals surface area contributed by atoms with Gasteiger partial charge in [-0.25, -0.2) is 0 Å². The number of hydrogen-bond acceptors (Lipinski definition) is 1. The van der Waals surface area contributed by atoms with Gasteiger partial charge in [0, 0.05) is 19.6 Å². The van der Waals surface area contributed by atoms with Crippen LogP contribution in [0.2, 0.25) is 0 Å². The molecule has 0 radical (unpaired) electrons. The highest BCUT2D eigenvalue weighted by Crippen LogP contribution is 2.47. The van der Waals surface area contributed by atoms with Gasteiger partial charge in [-0.1, -0.05) is 13.3 Å². The summed E-state index contributed by atoms with van der Waals surface area (Å²) in [5.74, 6) is 4.35. The molecule has 0 aromatic carbocycles. The Labute approximate surface area is 75.1 Å². The molecule has 3 heterocycles. The summed E-state index contributed by atoms with van der Waals surface area (Å²) in [6.45, 7) is 6.70. The van der Waals surface area contributed by atoms with E-state index in [4.69, 9.17) is 0 Å². The van der Waals surface area contributed by atoms with Gasteiger partial charge in [-0.05, 0) is 36.5 Å². The topological polar surface area (TPSA) is 3.24 Å². The maximum Gasteiger partial charge on any atom is 0.00128 e. The first-order valence-corrected chi connectivity index (χ1v) is 5.59. The molecule has 2 unspecified atom stereocenters. The van der Waals surface area contributed by atoms with Crippen LogP contribution in [-0.4, -0.2) is 24.5 Å². The lowest BCUT2D eigenvalue weighted by molar-refractivity contribution is -0.0651. The summed E-state index contributed by atoms with van der Waals surface area (Å²) in [6, 6.07) is 0. The van der Waals surface area contributed by atoms with E-state index in [1.54, 1.807) is 12.8 Å². The van der Waals surface area contributed by atoms with Crippen molar-refractivity contribution in [2.75, 3.05) is 19.6 Å². The largest absolute Gasteiger partial charge is 0.302 e. The van der Waals surface area contributed by atoms with Crippen molar-refractivity contribution < 1.29 is 0 Å². The monoisotopic (exact) mass is 165 g/mol. The molecule has 1 saturated carbocycles. The lowest BCUT2D eigenvalue weighted by atomic mass is 9.61. The van der Waals surface area contributed by atoms with E-state index in [2.05, 4.69) is 11.8 Å². The van der Waals surface area contributed by atoms with Gasteiger partial charge < -0.3 is 4.90 Å². The van der Waals surface area contributed by atoms with Crippen molar-refractivity contribution >= 4 is 0 Å². The molecular weight excluding hydrogens is 146 g/mol. The van der Waals surface area contributed by atoms with Crippen LogP contribution in [0.1, 0.15) is 26.2 Å². The van der Waals surface area contributed by atoms with Crippen LogP contribution >= 0.6 is 0 Å². The molecular formula is C11H19N. The smallest absolute Gasteiger partial charge is 0.00128 e. The SMILES string of the molecule is CCC1C2CC3CC1CN(C3)C2. The Morgan fingerprint density at radius 3 is 2.25 bits per heavy atom. The van der Waals surface area contributed by atoms with Crippen molar-refractivity contribution in [1.82, 2.24) is 4.90 Å². The van der Waals surface area contributed by atoms with Crippen LogP contribution in [-0.2, 0) is 0 Å². The van der Waals surface area contributed by atoms with Gasteiger partial charge in [0.2, 0.25) is 0 Å². The molecule has 4 rings (SSSR count). The minimum atomic E-state index is 1.08.